The average molecular weight is 482 g/mol. The van der Waals surface area contributed by atoms with E-state index >= 15 is 0 Å². The maximum Gasteiger partial charge on any atom is 0.243 e. The van der Waals surface area contributed by atoms with E-state index < -0.39 is 30.1 Å². The number of benzene rings is 2. The van der Waals surface area contributed by atoms with Crippen LogP contribution in [0.5, 0.6) is 0 Å². The first-order valence-corrected chi connectivity index (χ1v) is 11.8. The SMILES string of the molecule is CCC(C)c1ccc(C(NC(=O)[C@@H]2C[C@@H](F)CN2C(=O)Cc2cnn[nH]2)c2ccccc2)cc1F. The Hall–Kier alpha value is -3.62. The molecule has 1 fully saturated rings. The summed E-state index contributed by atoms with van der Waals surface area (Å²) in [6, 6.07) is 12.6. The molecule has 7 nitrogen and oxygen atoms in total. The number of rotatable bonds is 8. The van der Waals surface area contributed by atoms with Crippen LogP contribution in [0, 0.1) is 5.82 Å². The quantitative estimate of drug-likeness (QED) is 0.512. The molecule has 2 aromatic carbocycles. The largest absolute Gasteiger partial charge is 0.343 e. The lowest BCUT2D eigenvalue weighted by Gasteiger charge is -2.27. The molecule has 2 unspecified atom stereocenters. The van der Waals surface area contributed by atoms with E-state index in [4.69, 9.17) is 0 Å². The second-order valence-electron chi connectivity index (χ2n) is 9.00. The molecular weight excluding hydrogens is 452 g/mol. The van der Waals surface area contributed by atoms with Crippen LogP contribution in [0.15, 0.2) is 54.7 Å². The van der Waals surface area contributed by atoms with Gasteiger partial charge in [-0.2, -0.15) is 0 Å². The highest BCUT2D eigenvalue weighted by Gasteiger charge is 2.40. The van der Waals surface area contributed by atoms with Gasteiger partial charge in [-0.25, -0.2) is 8.78 Å². The van der Waals surface area contributed by atoms with Gasteiger partial charge in [0.25, 0.3) is 0 Å². The molecule has 3 aromatic rings. The number of alkyl halides is 1. The lowest BCUT2D eigenvalue weighted by Crippen LogP contribution is -2.47. The number of carbonyl (C=O) groups is 2. The summed E-state index contributed by atoms with van der Waals surface area (Å²) in [7, 11) is 0. The van der Waals surface area contributed by atoms with Crippen LogP contribution in [-0.4, -0.2) is 50.9 Å². The highest BCUT2D eigenvalue weighted by Crippen LogP contribution is 2.29. The third kappa shape index (κ3) is 5.55. The van der Waals surface area contributed by atoms with Crippen molar-refractivity contribution in [1.29, 1.82) is 0 Å². The molecule has 0 aliphatic carbocycles. The van der Waals surface area contributed by atoms with E-state index in [1.165, 1.54) is 17.2 Å². The molecule has 2 amide bonds. The van der Waals surface area contributed by atoms with Gasteiger partial charge in [-0.1, -0.05) is 61.5 Å². The standard InChI is InChI=1S/C26H29F2N5O2/c1-3-16(2)21-10-9-18(11-22(21)28)25(17-7-5-4-6-8-17)30-26(35)23-12-19(27)15-33(23)24(34)13-20-14-29-32-31-20/h4-11,14,16,19,23,25H,3,12-13,15H2,1-2H3,(H,30,35)(H,29,31,32)/t16?,19-,23+,25?/m1/s1. The molecule has 0 radical (unpaired) electrons. The molecule has 4 atom stereocenters. The van der Waals surface area contributed by atoms with Crippen LogP contribution < -0.4 is 5.32 Å². The highest BCUT2D eigenvalue weighted by atomic mass is 19.1. The van der Waals surface area contributed by atoms with Crippen molar-refractivity contribution in [3.63, 3.8) is 0 Å². The van der Waals surface area contributed by atoms with Gasteiger partial charge in [0.2, 0.25) is 11.8 Å². The highest BCUT2D eigenvalue weighted by molar-refractivity contribution is 5.89. The van der Waals surface area contributed by atoms with Crippen LogP contribution >= 0.6 is 0 Å². The number of carbonyl (C=O) groups excluding carboxylic acids is 2. The van der Waals surface area contributed by atoms with Gasteiger partial charge in [0.05, 0.1) is 30.9 Å². The smallest absolute Gasteiger partial charge is 0.243 e. The zero-order valence-corrected chi connectivity index (χ0v) is 19.7. The minimum absolute atomic E-state index is 0.0616. The monoisotopic (exact) mass is 481 g/mol. The third-order valence-electron chi connectivity index (χ3n) is 6.60. The Balaban J connectivity index is 1.59. The summed E-state index contributed by atoms with van der Waals surface area (Å²) in [6.07, 6.45) is 0.755. The second-order valence-corrected chi connectivity index (χ2v) is 9.00. The Bertz CT molecular complexity index is 1160. The second kappa shape index (κ2) is 10.8. The molecule has 1 aliphatic rings. The predicted molar refractivity (Wildman–Crippen MR) is 127 cm³/mol. The molecule has 2 heterocycles. The number of likely N-dealkylation sites (tertiary alicyclic amines) is 1. The van der Waals surface area contributed by atoms with Crippen molar-refractivity contribution in [3.8, 4) is 0 Å². The fourth-order valence-electron chi connectivity index (χ4n) is 4.46. The fraction of sp³-hybridized carbons (Fsp3) is 0.385. The van der Waals surface area contributed by atoms with Crippen molar-refractivity contribution in [1.82, 2.24) is 25.6 Å². The molecular formula is C26H29F2N5O2. The molecule has 184 valence electrons. The van der Waals surface area contributed by atoms with E-state index in [-0.39, 0.29) is 31.1 Å². The number of nitrogens with one attached hydrogen (secondary N) is 2. The van der Waals surface area contributed by atoms with E-state index in [2.05, 4.69) is 20.7 Å². The molecule has 0 saturated carbocycles. The van der Waals surface area contributed by atoms with Crippen LogP contribution in [0.2, 0.25) is 0 Å². The van der Waals surface area contributed by atoms with Crippen LogP contribution in [0.25, 0.3) is 0 Å². The van der Waals surface area contributed by atoms with Crippen molar-refractivity contribution in [3.05, 3.63) is 82.9 Å². The van der Waals surface area contributed by atoms with Gasteiger partial charge in [0.1, 0.15) is 18.0 Å². The maximum atomic E-state index is 15.0. The average Bonchev–Trinajstić information content (AvgIpc) is 3.52. The Morgan fingerprint density at radius 2 is 1.97 bits per heavy atom. The lowest BCUT2D eigenvalue weighted by molar-refractivity contribution is -0.138. The third-order valence-corrected chi connectivity index (χ3v) is 6.60. The Kier molecular flexibility index (Phi) is 7.53. The van der Waals surface area contributed by atoms with Crippen LogP contribution in [0.3, 0.4) is 0 Å². The van der Waals surface area contributed by atoms with E-state index in [1.807, 2.05) is 50.2 Å². The summed E-state index contributed by atoms with van der Waals surface area (Å²) in [5.74, 6) is -1.14. The van der Waals surface area contributed by atoms with Gasteiger partial charge in [-0.05, 0) is 35.1 Å². The number of aromatic amines is 1. The molecule has 4 rings (SSSR count). The van der Waals surface area contributed by atoms with Gasteiger partial charge in [-0.3, -0.25) is 14.7 Å². The maximum absolute atomic E-state index is 15.0. The first kappa shape index (κ1) is 24.5. The number of hydrogen-bond acceptors (Lipinski definition) is 4. The molecule has 35 heavy (non-hydrogen) atoms. The summed E-state index contributed by atoms with van der Waals surface area (Å²) in [4.78, 5) is 27.5. The normalized spacial score (nSPS) is 19.4. The van der Waals surface area contributed by atoms with E-state index in [1.54, 1.807) is 6.07 Å². The van der Waals surface area contributed by atoms with Crippen LogP contribution in [-0.2, 0) is 16.0 Å². The Labute approximate surface area is 202 Å². The minimum atomic E-state index is -1.31. The number of amides is 2. The zero-order valence-electron chi connectivity index (χ0n) is 19.7. The summed E-state index contributed by atoms with van der Waals surface area (Å²) in [5, 5.41) is 12.8. The molecule has 0 spiro atoms. The van der Waals surface area contributed by atoms with Gasteiger partial charge in [0.15, 0.2) is 0 Å². The van der Waals surface area contributed by atoms with Crippen molar-refractivity contribution in [2.75, 3.05) is 6.54 Å². The topological polar surface area (TPSA) is 91.0 Å². The summed E-state index contributed by atoms with van der Waals surface area (Å²) >= 11 is 0. The van der Waals surface area contributed by atoms with Gasteiger partial charge in [-0.15, -0.1) is 5.10 Å². The minimum Gasteiger partial charge on any atom is -0.343 e. The molecule has 0 bridgehead atoms. The van der Waals surface area contributed by atoms with Crippen molar-refractivity contribution in [2.24, 2.45) is 0 Å². The van der Waals surface area contributed by atoms with E-state index in [0.29, 0.717) is 16.8 Å². The van der Waals surface area contributed by atoms with Crippen LogP contribution in [0.1, 0.15) is 61.0 Å². The predicted octanol–water partition coefficient (Wildman–Crippen LogP) is 3.84. The van der Waals surface area contributed by atoms with Gasteiger partial charge in [0, 0.05) is 6.42 Å². The number of hydrogen-bond donors (Lipinski definition) is 2. The summed E-state index contributed by atoms with van der Waals surface area (Å²) in [5.41, 5.74) is 2.43. The molecule has 1 aliphatic heterocycles. The van der Waals surface area contributed by atoms with E-state index in [9.17, 15) is 18.4 Å². The van der Waals surface area contributed by atoms with Crippen molar-refractivity contribution < 1.29 is 18.4 Å². The van der Waals surface area contributed by atoms with E-state index in [0.717, 1.165) is 12.0 Å². The van der Waals surface area contributed by atoms with Gasteiger partial charge >= 0.3 is 0 Å². The zero-order chi connectivity index (χ0) is 24.9. The molecule has 9 heteroatoms. The van der Waals surface area contributed by atoms with Crippen LogP contribution in [0.4, 0.5) is 8.78 Å². The molecule has 1 saturated heterocycles. The summed E-state index contributed by atoms with van der Waals surface area (Å²) < 4.78 is 29.3. The summed E-state index contributed by atoms with van der Waals surface area (Å²) in [6.45, 7) is 3.81. The molecule has 2 N–H and O–H groups in total. The fourth-order valence-corrected chi connectivity index (χ4v) is 4.46. The van der Waals surface area contributed by atoms with Gasteiger partial charge < -0.3 is 10.2 Å². The number of H-pyrrole nitrogens is 1. The number of halogens is 2. The Morgan fingerprint density at radius 3 is 2.63 bits per heavy atom. The first-order chi connectivity index (χ1) is 16.9. The first-order valence-electron chi connectivity index (χ1n) is 11.8. The Morgan fingerprint density at radius 1 is 1.20 bits per heavy atom. The lowest BCUT2D eigenvalue weighted by atomic mass is 9.93. The number of nitrogens with zero attached hydrogens (tertiary/aromatic N) is 3. The molecule has 1 aromatic heterocycles. The number of aromatic nitrogens is 3. The van der Waals surface area contributed by atoms with Crippen molar-refractivity contribution >= 4 is 11.8 Å². The van der Waals surface area contributed by atoms with Crippen molar-refractivity contribution in [2.45, 2.75) is 57.3 Å².